The summed E-state index contributed by atoms with van der Waals surface area (Å²) in [5, 5.41) is 4.85. The van der Waals surface area contributed by atoms with Crippen LogP contribution >= 0.6 is 11.6 Å². The summed E-state index contributed by atoms with van der Waals surface area (Å²) in [5.41, 5.74) is -1.01. The molecule has 0 spiro atoms. The van der Waals surface area contributed by atoms with E-state index in [1.807, 2.05) is 45.1 Å². The number of carbonyl (C=O) groups is 1. The molecule has 0 fully saturated rings. The Morgan fingerprint density at radius 2 is 1.82 bits per heavy atom. The van der Waals surface area contributed by atoms with Gasteiger partial charge in [0.25, 0.3) is 0 Å². The summed E-state index contributed by atoms with van der Waals surface area (Å²) >= 11 is 6.15. The van der Waals surface area contributed by atoms with Crippen LogP contribution in [0.1, 0.15) is 71.4 Å². The number of halogens is 4. The molecule has 0 aromatic heterocycles. The maximum absolute atomic E-state index is 13.1. The average Bonchev–Trinajstić information content (AvgIpc) is 3.25. The number of hydrogen-bond acceptors (Lipinski definition) is 6. The summed E-state index contributed by atoms with van der Waals surface area (Å²) in [5.74, 6) is 0.0118. The van der Waals surface area contributed by atoms with Gasteiger partial charge in [-0.25, -0.2) is 4.79 Å². The van der Waals surface area contributed by atoms with Crippen molar-refractivity contribution < 1.29 is 44.6 Å². The lowest BCUT2D eigenvalue weighted by molar-refractivity contribution is -0.437. The maximum Gasteiger partial charge on any atom is 0.534 e. The van der Waals surface area contributed by atoms with E-state index in [2.05, 4.69) is 58.3 Å². The first-order valence-electron chi connectivity index (χ1n) is 16.6. The number of amides is 1. The number of fused-ring (bicyclic) bond motifs is 5. The predicted molar refractivity (Wildman–Crippen MR) is 191 cm³/mol. The van der Waals surface area contributed by atoms with Gasteiger partial charge in [-0.3, -0.25) is 0 Å². The van der Waals surface area contributed by atoms with E-state index in [1.54, 1.807) is 0 Å². The van der Waals surface area contributed by atoms with Crippen LogP contribution in [0, 0.1) is 0 Å². The molecule has 1 amide bonds. The molecule has 2 aliphatic heterocycles. The van der Waals surface area contributed by atoms with E-state index in [4.69, 9.17) is 21.1 Å². The molecule has 2 heterocycles. The molecule has 1 N–H and O–H groups in total. The van der Waals surface area contributed by atoms with Crippen LogP contribution in [-0.4, -0.2) is 49.0 Å². The SMILES string of the molecule is CC(C)(C)OC(=O)NCCC[N+]1=C(/C=C/C2=C3Oc4cc(OS(=O)(=O)C(F)(F)F)c(Cl)cc4C=C3CCC2)C(C)(C)c2c1ccc1ccccc21. The lowest BCUT2D eigenvalue weighted by Crippen LogP contribution is -2.34. The van der Waals surface area contributed by atoms with Gasteiger partial charge in [0.1, 0.15) is 17.1 Å². The van der Waals surface area contributed by atoms with Crippen LogP contribution in [0.4, 0.5) is 23.7 Å². The number of nitrogens with zero attached hydrogens (tertiary/aromatic N) is 1. The molecular weight excluding hydrogens is 705 g/mol. The van der Waals surface area contributed by atoms with Crippen molar-refractivity contribution in [1.29, 1.82) is 0 Å². The number of alkyl halides is 3. The topological polar surface area (TPSA) is 93.9 Å². The minimum absolute atomic E-state index is 0.130. The van der Waals surface area contributed by atoms with Crippen LogP contribution in [0.25, 0.3) is 16.8 Å². The molecule has 13 heteroatoms. The smallest absolute Gasteiger partial charge is 0.456 e. The third kappa shape index (κ3) is 7.39. The number of rotatable bonds is 8. The molecule has 51 heavy (non-hydrogen) atoms. The Bertz CT molecular complexity index is 2160. The zero-order chi connectivity index (χ0) is 36.9. The highest BCUT2D eigenvalue weighted by molar-refractivity contribution is 7.88. The van der Waals surface area contributed by atoms with Crippen molar-refractivity contribution >= 4 is 56.1 Å². The second-order valence-corrected chi connectivity index (χ2v) is 16.2. The van der Waals surface area contributed by atoms with Crippen LogP contribution in [-0.2, 0) is 20.3 Å². The number of hydrogen-bond donors (Lipinski definition) is 1. The van der Waals surface area contributed by atoms with E-state index in [0.29, 0.717) is 43.7 Å². The highest BCUT2D eigenvalue weighted by atomic mass is 35.5. The standard InChI is InChI=1S/C38H38ClF3N2O6S/c1-36(2,3)49-35(45)43-18-9-19-44-29-16-14-23-10-6-7-13-27(23)33(29)37(4,5)32(44)17-15-24-11-8-12-25-20-26-21-28(39)31(22-30(26)48-34(24)25)50-51(46,47)38(40,41)42/h6-7,10,13-17,20-22H,8-9,11-12,18-19H2,1-5H3/p+1/b17-15+. The molecule has 0 saturated heterocycles. The minimum atomic E-state index is -5.94. The van der Waals surface area contributed by atoms with Crippen molar-refractivity contribution in [3.05, 3.63) is 93.7 Å². The fourth-order valence-corrected chi connectivity index (χ4v) is 7.53. The average molecular weight is 744 g/mol. The molecule has 0 saturated carbocycles. The molecule has 1 aliphatic carbocycles. The Labute approximate surface area is 300 Å². The molecule has 0 bridgehead atoms. The number of nitrogens with one attached hydrogen (secondary N) is 1. The maximum atomic E-state index is 13.1. The molecule has 0 unspecified atom stereocenters. The molecule has 0 atom stereocenters. The molecule has 3 aromatic rings. The summed E-state index contributed by atoms with van der Waals surface area (Å²) in [6.07, 6.45) is 8.38. The minimum Gasteiger partial charge on any atom is -0.456 e. The highest BCUT2D eigenvalue weighted by Gasteiger charge is 2.49. The highest BCUT2D eigenvalue weighted by Crippen LogP contribution is 2.46. The molecule has 0 radical (unpaired) electrons. The summed E-state index contributed by atoms with van der Waals surface area (Å²) in [4.78, 5) is 12.3. The zero-order valence-corrected chi connectivity index (χ0v) is 30.5. The molecule has 270 valence electrons. The van der Waals surface area contributed by atoms with E-state index in [1.165, 1.54) is 11.6 Å². The Balaban J connectivity index is 1.34. The molecule has 8 nitrogen and oxygen atoms in total. The van der Waals surface area contributed by atoms with Crippen LogP contribution < -0.4 is 14.2 Å². The first-order chi connectivity index (χ1) is 23.9. The van der Waals surface area contributed by atoms with E-state index in [-0.39, 0.29) is 10.8 Å². The van der Waals surface area contributed by atoms with Crippen molar-refractivity contribution in [2.45, 2.75) is 76.8 Å². The van der Waals surface area contributed by atoms with Gasteiger partial charge in [-0.15, -0.1) is 0 Å². The van der Waals surface area contributed by atoms with Gasteiger partial charge < -0.3 is 19.0 Å². The predicted octanol–water partition coefficient (Wildman–Crippen LogP) is 9.48. The summed E-state index contributed by atoms with van der Waals surface area (Å²) in [6.45, 7) is 10.9. The fourth-order valence-electron chi connectivity index (χ4n) is 6.81. The lowest BCUT2D eigenvalue weighted by Gasteiger charge is -2.27. The van der Waals surface area contributed by atoms with Crippen molar-refractivity contribution in [3.8, 4) is 11.5 Å². The van der Waals surface area contributed by atoms with E-state index < -0.39 is 38.5 Å². The van der Waals surface area contributed by atoms with Gasteiger partial charge >= 0.3 is 21.7 Å². The Kier molecular flexibility index (Phi) is 9.56. The molecule has 3 aromatic carbocycles. The Morgan fingerprint density at radius 3 is 2.55 bits per heavy atom. The largest absolute Gasteiger partial charge is 0.534 e. The van der Waals surface area contributed by atoms with Crippen molar-refractivity contribution in [2.75, 3.05) is 13.1 Å². The number of allylic oxidation sites excluding steroid dienone is 4. The van der Waals surface area contributed by atoms with Crippen molar-refractivity contribution in [3.63, 3.8) is 0 Å². The van der Waals surface area contributed by atoms with Gasteiger partial charge in [0, 0.05) is 42.3 Å². The van der Waals surface area contributed by atoms with Gasteiger partial charge in [0.15, 0.2) is 18.0 Å². The second kappa shape index (κ2) is 13.4. The van der Waals surface area contributed by atoms with Crippen LogP contribution in [0.2, 0.25) is 5.02 Å². The first-order valence-corrected chi connectivity index (χ1v) is 18.4. The van der Waals surface area contributed by atoms with Gasteiger partial charge in [0.05, 0.1) is 10.4 Å². The molecular formula is C38H39ClF3N2O6S+. The van der Waals surface area contributed by atoms with Crippen LogP contribution in [0.3, 0.4) is 0 Å². The normalized spacial score (nSPS) is 17.2. The Morgan fingerprint density at radius 1 is 1.08 bits per heavy atom. The second-order valence-electron chi connectivity index (χ2n) is 14.2. The third-order valence-corrected chi connectivity index (χ3v) is 10.2. The van der Waals surface area contributed by atoms with Gasteiger partial charge in [-0.05, 0) is 100 Å². The van der Waals surface area contributed by atoms with Gasteiger partial charge in [0.2, 0.25) is 5.69 Å². The zero-order valence-electron chi connectivity index (χ0n) is 28.9. The third-order valence-electron chi connectivity index (χ3n) is 8.99. The summed E-state index contributed by atoms with van der Waals surface area (Å²) in [6, 6.07) is 14.9. The number of carbonyl (C=O) groups excluding carboxylic acids is 1. The number of benzene rings is 3. The number of ether oxygens (including phenoxy) is 2. The van der Waals surface area contributed by atoms with Crippen molar-refractivity contribution in [1.82, 2.24) is 5.32 Å². The first kappa shape index (κ1) is 36.5. The van der Waals surface area contributed by atoms with E-state index >= 15 is 0 Å². The molecule has 6 rings (SSSR count). The molecule has 3 aliphatic rings. The van der Waals surface area contributed by atoms with E-state index in [9.17, 15) is 26.4 Å². The van der Waals surface area contributed by atoms with Gasteiger partial charge in [-0.2, -0.15) is 26.2 Å². The fraction of sp³-hybridized carbons (Fsp3) is 0.368. The number of alkyl carbamates (subject to hydrolysis) is 1. The summed E-state index contributed by atoms with van der Waals surface area (Å²) < 4.78 is 80.9. The van der Waals surface area contributed by atoms with Crippen LogP contribution in [0.15, 0.2) is 77.6 Å². The van der Waals surface area contributed by atoms with Gasteiger partial charge in [-0.1, -0.05) is 35.9 Å². The quantitative estimate of drug-likeness (QED) is 0.107. The monoisotopic (exact) mass is 743 g/mol. The lowest BCUT2D eigenvalue weighted by atomic mass is 9.78. The Hall–Kier alpha value is -4.29. The van der Waals surface area contributed by atoms with Crippen molar-refractivity contribution in [2.24, 2.45) is 0 Å². The van der Waals surface area contributed by atoms with Crippen LogP contribution in [0.5, 0.6) is 11.5 Å². The van der Waals surface area contributed by atoms with E-state index in [0.717, 1.165) is 45.8 Å². The summed E-state index contributed by atoms with van der Waals surface area (Å²) in [7, 11) is -5.94.